The molecule has 5 nitrogen and oxygen atoms in total. The first-order chi connectivity index (χ1) is 9.21. The van der Waals surface area contributed by atoms with E-state index in [9.17, 15) is 9.59 Å². The number of hydrogen-bond acceptors (Lipinski definition) is 3. The third-order valence-electron chi connectivity index (χ3n) is 3.16. The number of aromatic nitrogens is 3. The van der Waals surface area contributed by atoms with Crippen LogP contribution in [0.25, 0.3) is 5.69 Å². The molecule has 0 aliphatic carbocycles. The first-order valence-corrected chi connectivity index (χ1v) is 6.49. The molecule has 0 unspecified atom stereocenters. The summed E-state index contributed by atoms with van der Waals surface area (Å²) in [6.07, 6.45) is 0. The highest BCUT2D eigenvalue weighted by Gasteiger charge is 2.23. The number of nitrogens with zero attached hydrogens (tertiary/aromatic N) is 3. The van der Waals surface area contributed by atoms with Crippen LogP contribution in [0.3, 0.4) is 0 Å². The Morgan fingerprint density at radius 2 is 1.60 bits per heavy atom. The maximum Gasteiger partial charge on any atom is 0.351 e. The van der Waals surface area contributed by atoms with Gasteiger partial charge in [0.05, 0.1) is 5.69 Å². The molecule has 0 spiro atoms. The summed E-state index contributed by atoms with van der Waals surface area (Å²) in [6, 6.07) is 7.46. The second-order valence-corrected chi connectivity index (χ2v) is 5.99. The summed E-state index contributed by atoms with van der Waals surface area (Å²) in [5.41, 5.74) is 0.928. The van der Waals surface area contributed by atoms with Crippen LogP contribution in [0, 0.1) is 6.92 Å². The van der Waals surface area contributed by atoms with Gasteiger partial charge in [-0.3, -0.25) is 9.36 Å². The van der Waals surface area contributed by atoms with E-state index in [-0.39, 0.29) is 5.56 Å². The van der Waals surface area contributed by atoms with Gasteiger partial charge in [0.25, 0.3) is 5.56 Å². The average molecular weight is 273 g/mol. The average Bonchev–Trinajstić information content (AvgIpc) is 2.36. The monoisotopic (exact) mass is 273 g/mol. The summed E-state index contributed by atoms with van der Waals surface area (Å²) in [6.45, 7) is 7.68. The number of aryl methyl sites for hydroxylation is 1. The molecule has 1 aromatic heterocycles. The molecule has 0 aliphatic rings. The quantitative estimate of drug-likeness (QED) is 0.792. The van der Waals surface area contributed by atoms with Gasteiger partial charge in [0.15, 0.2) is 0 Å². The largest absolute Gasteiger partial charge is 0.351 e. The number of benzene rings is 1. The Bertz CT molecular complexity index is 747. The van der Waals surface area contributed by atoms with Crippen LogP contribution in [0.15, 0.2) is 33.9 Å². The fourth-order valence-corrected chi connectivity index (χ4v) is 1.90. The molecule has 0 saturated carbocycles. The van der Waals surface area contributed by atoms with Crippen molar-refractivity contribution >= 4 is 0 Å². The number of hydrogen-bond donors (Lipinski definition) is 0. The van der Waals surface area contributed by atoms with Crippen LogP contribution < -0.4 is 11.2 Å². The Hall–Kier alpha value is -2.17. The normalized spacial score (nSPS) is 11.7. The Morgan fingerprint density at radius 1 is 1.05 bits per heavy atom. The Balaban J connectivity index is 2.78. The van der Waals surface area contributed by atoms with E-state index in [4.69, 9.17) is 0 Å². The van der Waals surface area contributed by atoms with Gasteiger partial charge in [0.2, 0.25) is 0 Å². The van der Waals surface area contributed by atoms with E-state index >= 15 is 0 Å². The summed E-state index contributed by atoms with van der Waals surface area (Å²) in [4.78, 5) is 24.4. The third kappa shape index (κ3) is 2.43. The predicted molar refractivity (Wildman–Crippen MR) is 78.5 cm³/mol. The molecule has 0 radical (unpaired) electrons. The van der Waals surface area contributed by atoms with Gasteiger partial charge in [-0.1, -0.05) is 38.5 Å². The van der Waals surface area contributed by atoms with E-state index < -0.39 is 11.1 Å². The van der Waals surface area contributed by atoms with Crippen LogP contribution in [0.2, 0.25) is 0 Å². The molecule has 2 rings (SSSR count). The van der Waals surface area contributed by atoms with Crippen LogP contribution in [-0.4, -0.2) is 14.3 Å². The van der Waals surface area contributed by atoms with Gasteiger partial charge < -0.3 is 0 Å². The van der Waals surface area contributed by atoms with Crippen LogP contribution in [0.4, 0.5) is 0 Å². The topological polar surface area (TPSA) is 56.9 Å². The lowest BCUT2D eigenvalue weighted by Gasteiger charge is -2.18. The summed E-state index contributed by atoms with van der Waals surface area (Å²) >= 11 is 0. The SMILES string of the molecule is Cc1ccc(-n2nc(C(C)(C)C)c(=O)n(C)c2=O)cc1. The maximum absolute atomic E-state index is 12.2. The summed E-state index contributed by atoms with van der Waals surface area (Å²) in [5, 5.41) is 4.27. The molecular weight excluding hydrogens is 254 g/mol. The van der Waals surface area contributed by atoms with Crippen molar-refractivity contribution in [3.05, 3.63) is 56.4 Å². The van der Waals surface area contributed by atoms with Gasteiger partial charge >= 0.3 is 5.69 Å². The van der Waals surface area contributed by atoms with Gasteiger partial charge in [0.1, 0.15) is 5.69 Å². The van der Waals surface area contributed by atoms with Gasteiger partial charge in [-0.25, -0.2) is 4.79 Å². The molecule has 20 heavy (non-hydrogen) atoms. The summed E-state index contributed by atoms with van der Waals surface area (Å²) in [5.74, 6) is 0. The fourth-order valence-electron chi connectivity index (χ4n) is 1.90. The minimum absolute atomic E-state index is 0.342. The van der Waals surface area contributed by atoms with E-state index in [1.807, 2.05) is 52.0 Å². The van der Waals surface area contributed by atoms with Crippen LogP contribution in [0.5, 0.6) is 0 Å². The van der Waals surface area contributed by atoms with Crippen molar-refractivity contribution in [3.63, 3.8) is 0 Å². The van der Waals surface area contributed by atoms with Crippen LogP contribution in [0.1, 0.15) is 32.0 Å². The minimum atomic E-state index is -0.438. The zero-order valence-corrected chi connectivity index (χ0v) is 12.5. The summed E-state index contributed by atoms with van der Waals surface area (Å²) in [7, 11) is 1.48. The molecule has 0 aliphatic heterocycles. The lowest BCUT2D eigenvalue weighted by Crippen LogP contribution is -2.44. The Labute approximate surface area is 117 Å². The molecule has 0 amide bonds. The molecule has 0 atom stereocenters. The smallest absolute Gasteiger partial charge is 0.267 e. The van der Waals surface area contributed by atoms with Crippen molar-refractivity contribution in [2.24, 2.45) is 7.05 Å². The molecular formula is C15H19N3O2. The molecule has 0 saturated heterocycles. The van der Waals surface area contributed by atoms with E-state index in [1.54, 1.807) is 0 Å². The molecule has 0 N–H and O–H groups in total. The predicted octanol–water partition coefficient (Wildman–Crippen LogP) is 1.54. The lowest BCUT2D eigenvalue weighted by molar-refractivity contribution is 0.506. The zero-order chi connectivity index (χ0) is 15.1. The van der Waals surface area contributed by atoms with E-state index in [2.05, 4.69) is 5.10 Å². The van der Waals surface area contributed by atoms with Gasteiger partial charge in [0, 0.05) is 12.5 Å². The van der Waals surface area contributed by atoms with Crippen molar-refractivity contribution in [2.45, 2.75) is 33.1 Å². The molecule has 5 heteroatoms. The zero-order valence-electron chi connectivity index (χ0n) is 12.5. The molecule has 106 valence electrons. The second kappa shape index (κ2) is 4.74. The second-order valence-electron chi connectivity index (χ2n) is 5.99. The fraction of sp³-hybridized carbons (Fsp3) is 0.400. The van der Waals surface area contributed by atoms with Crippen molar-refractivity contribution in [3.8, 4) is 5.69 Å². The Morgan fingerprint density at radius 3 is 2.10 bits per heavy atom. The maximum atomic E-state index is 12.2. The number of rotatable bonds is 1. The highest BCUT2D eigenvalue weighted by Crippen LogP contribution is 2.16. The lowest BCUT2D eigenvalue weighted by atomic mass is 9.93. The molecule has 1 heterocycles. The first kappa shape index (κ1) is 14.2. The highest BCUT2D eigenvalue weighted by molar-refractivity contribution is 5.33. The van der Waals surface area contributed by atoms with Gasteiger partial charge in [-0.2, -0.15) is 9.78 Å². The Kier molecular flexibility index (Phi) is 3.38. The molecule has 2 aromatic rings. The van der Waals surface area contributed by atoms with Gasteiger partial charge in [-0.15, -0.1) is 0 Å². The summed E-state index contributed by atoms with van der Waals surface area (Å²) < 4.78 is 2.38. The first-order valence-electron chi connectivity index (χ1n) is 6.49. The standard InChI is InChI=1S/C15H19N3O2/c1-10-6-8-11(9-7-10)18-14(20)17(5)13(19)12(16-18)15(2,3)4/h6-9H,1-5H3. The third-order valence-corrected chi connectivity index (χ3v) is 3.16. The van der Waals surface area contributed by atoms with Crippen molar-refractivity contribution in [2.75, 3.05) is 0 Å². The minimum Gasteiger partial charge on any atom is -0.267 e. The van der Waals surface area contributed by atoms with E-state index in [0.29, 0.717) is 11.4 Å². The van der Waals surface area contributed by atoms with Gasteiger partial charge in [-0.05, 0) is 19.1 Å². The van der Waals surface area contributed by atoms with Crippen molar-refractivity contribution in [1.29, 1.82) is 0 Å². The molecule has 0 fully saturated rings. The molecule has 0 bridgehead atoms. The van der Waals surface area contributed by atoms with Crippen molar-refractivity contribution in [1.82, 2.24) is 14.3 Å². The van der Waals surface area contributed by atoms with E-state index in [0.717, 1.165) is 10.1 Å². The van der Waals surface area contributed by atoms with E-state index in [1.165, 1.54) is 11.7 Å². The van der Waals surface area contributed by atoms with Crippen molar-refractivity contribution < 1.29 is 0 Å². The highest BCUT2D eigenvalue weighted by atomic mass is 16.2. The van der Waals surface area contributed by atoms with Crippen LogP contribution in [-0.2, 0) is 12.5 Å². The van der Waals surface area contributed by atoms with Crippen LogP contribution >= 0.6 is 0 Å². The molecule has 1 aromatic carbocycles.